The highest BCUT2D eigenvalue weighted by Gasteiger charge is 2.21. The normalized spacial score (nSPS) is 10.9. The van der Waals surface area contributed by atoms with Gasteiger partial charge in [-0.05, 0) is 34.1 Å². The van der Waals surface area contributed by atoms with E-state index in [1.54, 1.807) is 6.07 Å². The van der Waals surface area contributed by atoms with Gasteiger partial charge in [0, 0.05) is 10.7 Å². The SMILES string of the molecule is Nc1ncc(Br)cc1-c1nnc(O)n1-c1cccc(F)c1F. The Kier molecular flexibility index (Phi) is 3.49. The molecule has 112 valence electrons. The average Bonchev–Trinajstić information content (AvgIpc) is 2.86. The number of nitrogens with zero attached hydrogens (tertiary/aromatic N) is 4. The summed E-state index contributed by atoms with van der Waals surface area (Å²) in [7, 11) is 0. The molecule has 2 heterocycles. The van der Waals surface area contributed by atoms with Crippen molar-refractivity contribution in [2.24, 2.45) is 0 Å². The summed E-state index contributed by atoms with van der Waals surface area (Å²) in [6, 6.07) is 4.54. The number of aromatic nitrogens is 4. The van der Waals surface area contributed by atoms with Gasteiger partial charge in [-0.15, -0.1) is 5.10 Å². The molecule has 0 aliphatic rings. The number of aromatic hydroxyl groups is 1. The summed E-state index contributed by atoms with van der Waals surface area (Å²) < 4.78 is 29.0. The molecule has 3 aromatic rings. The van der Waals surface area contributed by atoms with E-state index in [2.05, 4.69) is 31.1 Å². The quantitative estimate of drug-likeness (QED) is 0.726. The number of nitrogen functional groups attached to an aromatic ring is 1. The van der Waals surface area contributed by atoms with Crippen molar-refractivity contribution < 1.29 is 13.9 Å². The molecule has 2 aromatic heterocycles. The van der Waals surface area contributed by atoms with Gasteiger partial charge in [-0.3, -0.25) is 0 Å². The molecule has 0 saturated carbocycles. The Balaban J connectivity index is 2.29. The van der Waals surface area contributed by atoms with Gasteiger partial charge in [0.1, 0.15) is 5.82 Å². The molecule has 0 amide bonds. The maximum absolute atomic E-state index is 14.0. The standard InChI is InChI=1S/C13H8BrF2N5O/c14-6-4-7(11(17)18-5-6)12-19-20-13(22)21(12)9-3-1-2-8(15)10(9)16/h1-5H,(H2,17,18)(H,20,22). The van der Waals surface area contributed by atoms with Gasteiger partial charge in [0.25, 0.3) is 0 Å². The van der Waals surface area contributed by atoms with Crippen LogP contribution in [0, 0.1) is 11.6 Å². The van der Waals surface area contributed by atoms with E-state index in [0.717, 1.165) is 10.6 Å². The summed E-state index contributed by atoms with van der Waals surface area (Å²) in [5.74, 6) is -2.06. The molecule has 0 radical (unpaired) electrons. The Morgan fingerprint density at radius 1 is 1.23 bits per heavy atom. The largest absolute Gasteiger partial charge is 0.479 e. The zero-order valence-electron chi connectivity index (χ0n) is 10.8. The predicted molar refractivity (Wildman–Crippen MR) is 78.3 cm³/mol. The third-order valence-corrected chi connectivity index (χ3v) is 3.38. The molecule has 0 unspecified atom stereocenters. The second-order valence-corrected chi connectivity index (χ2v) is 5.23. The molecule has 0 aliphatic heterocycles. The lowest BCUT2D eigenvalue weighted by molar-refractivity contribution is 0.416. The molecule has 0 spiro atoms. The molecular weight excluding hydrogens is 360 g/mol. The van der Waals surface area contributed by atoms with E-state index in [1.165, 1.54) is 18.3 Å². The van der Waals surface area contributed by atoms with Crippen molar-refractivity contribution in [3.8, 4) is 23.1 Å². The number of benzene rings is 1. The summed E-state index contributed by atoms with van der Waals surface area (Å²) in [5.41, 5.74) is 5.86. The minimum atomic E-state index is -1.14. The molecule has 22 heavy (non-hydrogen) atoms. The van der Waals surface area contributed by atoms with E-state index < -0.39 is 17.6 Å². The molecule has 1 aromatic carbocycles. The highest BCUT2D eigenvalue weighted by atomic mass is 79.9. The first kappa shape index (κ1) is 14.4. The van der Waals surface area contributed by atoms with Gasteiger partial charge < -0.3 is 10.8 Å². The van der Waals surface area contributed by atoms with Crippen molar-refractivity contribution in [3.63, 3.8) is 0 Å². The monoisotopic (exact) mass is 367 g/mol. The Labute approximate surface area is 131 Å². The molecule has 3 rings (SSSR count). The Hall–Kier alpha value is -2.55. The minimum absolute atomic E-state index is 0.0355. The third kappa shape index (κ3) is 2.29. The molecule has 0 aliphatic carbocycles. The topological polar surface area (TPSA) is 89.8 Å². The van der Waals surface area contributed by atoms with Crippen LogP contribution in [0.1, 0.15) is 0 Å². The lowest BCUT2D eigenvalue weighted by Gasteiger charge is -2.10. The van der Waals surface area contributed by atoms with Crippen molar-refractivity contribution in [2.45, 2.75) is 0 Å². The van der Waals surface area contributed by atoms with Gasteiger partial charge in [0.15, 0.2) is 17.5 Å². The lowest BCUT2D eigenvalue weighted by atomic mass is 10.2. The van der Waals surface area contributed by atoms with E-state index in [1.807, 2.05) is 0 Å². The second kappa shape index (κ2) is 5.34. The van der Waals surface area contributed by atoms with Gasteiger partial charge in [-0.1, -0.05) is 11.2 Å². The Morgan fingerprint density at radius 2 is 2.00 bits per heavy atom. The van der Waals surface area contributed by atoms with Crippen LogP contribution in [0.25, 0.3) is 17.1 Å². The van der Waals surface area contributed by atoms with E-state index >= 15 is 0 Å². The molecule has 0 saturated heterocycles. The van der Waals surface area contributed by atoms with Crippen molar-refractivity contribution in [2.75, 3.05) is 5.73 Å². The summed E-state index contributed by atoms with van der Waals surface area (Å²) >= 11 is 3.24. The van der Waals surface area contributed by atoms with Crippen LogP contribution in [0.3, 0.4) is 0 Å². The van der Waals surface area contributed by atoms with E-state index in [9.17, 15) is 13.9 Å². The van der Waals surface area contributed by atoms with Crippen LogP contribution in [-0.2, 0) is 0 Å². The maximum Gasteiger partial charge on any atom is 0.319 e. The smallest absolute Gasteiger partial charge is 0.319 e. The van der Waals surface area contributed by atoms with Crippen LogP contribution >= 0.6 is 15.9 Å². The fraction of sp³-hybridized carbons (Fsp3) is 0. The molecule has 0 fully saturated rings. The zero-order valence-corrected chi connectivity index (χ0v) is 12.4. The van der Waals surface area contributed by atoms with E-state index in [0.29, 0.717) is 10.0 Å². The summed E-state index contributed by atoms with van der Waals surface area (Å²) in [4.78, 5) is 3.94. The van der Waals surface area contributed by atoms with Gasteiger partial charge in [-0.2, -0.15) is 0 Å². The first-order valence-electron chi connectivity index (χ1n) is 5.99. The number of hydrogen-bond acceptors (Lipinski definition) is 5. The van der Waals surface area contributed by atoms with Crippen LogP contribution in [-0.4, -0.2) is 24.9 Å². The van der Waals surface area contributed by atoms with Crippen LogP contribution in [0.2, 0.25) is 0 Å². The summed E-state index contributed by atoms with van der Waals surface area (Å²) in [6.45, 7) is 0. The number of hydrogen-bond donors (Lipinski definition) is 2. The van der Waals surface area contributed by atoms with Crippen molar-refractivity contribution in [1.29, 1.82) is 0 Å². The molecule has 6 nitrogen and oxygen atoms in total. The van der Waals surface area contributed by atoms with Gasteiger partial charge in [0.2, 0.25) is 0 Å². The second-order valence-electron chi connectivity index (χ2n) is 4.32. The van der Waals surface area contributed by atoms with Gasteiger partial charge >= 0.3 is 6.01 Å². The van der Waals surface area contributed by atoms with Crippen LogP contribution in [0.5, 0.6) is 6.01 Å². The fourth-order valence-corrected chi connectivity index (χ4v) is 2.30. The number of rotatable bonds is 2. The van der Waals surface area contributed by atoms with Gasteiger partial charge in [0.05, 0.1) is 11.3 Å². The third-order valence-electron chi connectivity index (χ3n) is 2.94. The number of nitrogens with two attached hydrogens (primary N) is 1. The van der Waals surface area contributed by atoms with Crippen LogP contribution < -0.4 is 5.73 Å². The molecule has 3 N–H and O–H groups in total. The highest BCUT2D eigenvalue weighted by molar-refractivity contribution is 9.10. The van der Waals surface area contributed by atoms with Crippen molar-refractivity contribution in [1.82, 2.24) is 19.7 Å². The minimum Gasteiger partial charge on any atom is -0.479 e. The predicted octanol–water partition coefficient (Wildman–Crippen LogP) is 2.66. The van der Waals surface area contributed by atoms with Crippen LogP contribution in [0.15, 0.2) is 34.9 Å². The van der Waals surface area contributed by atoms with Crippen molar-refractivity contribution >= 4 is 21.7 Å². The fourth-order valence-electron chi connectivity index (χ4n) is 1.97. The van der Waals surface area contributed by atoms with Crippen LogP contribution in [0.4, 0.5) is 14.6 Å². The molecule has 0 bridgehead atoms. The van der Waals surface area contributed by atoms with E-state index in [4.69, 9.17) is 5.73 Å². The molecular formula is C13H8BrF2N5O. The Bertz CT molecular complexity index is 868. The summed E-state index contributed by atoms with van der Waals surface area (Å²) in [6.07, 6.45) is 1.47. The first-order valence-corrected chi connectivity index (χ1v) is 6.78. The van der Waals surface area contributed by atoms with Gasteiger partial charge in [-0.25, -0.2) is 18.3 Å². The highest BCUT2D eigenvalue weighted by Crippen LogP contribution is 2.31. The first-order chi connectivity index (χ1) is 10.5. The molecule has 0 atom stereocenters. The Morgan fingerprint density at radius 3 is 2.77 bits per heavy atom. The average molecular weight is 368 g/mol. The molecule has 9 heteroatoms. The zero-order chi connectivity index (χ0) is 15.9. The number of anilines is 1. The van der Waals surface area contributed by atoms with Crippen molar-refractivity contribution in [3.05, 3.63) is 46.6 Å². The summed E-state index contributed by atoms with van der Waals surface area (Å²) in [5, 5.41) is 17.1. The maximum atomic E-state index is 14.0. The lowest BCUT2D eigenvalue weighted by Crippen LogP contribution is -2.04. The number of halogens is 3. The number of pyridine rings is 1. The van der Waals surface area contributed by atoms with E-state index in [-0.39, 0.29) is 17.3 Å².